The second-order valence-electron chi connectivity index (χ2n) is 7.80. The van der Waals surface area contributed by atoms with Crippen LogP contribution in [0, 0.1) is 0 Å². The van der Waals surface area contributed by atoms with E-state index in [1.54, 1.807) is 26.4 Å². The lowest BCUT2D eigenvalue weighted by Gasteiger charge is -2.33. The predicted octanol–water partition coefficient (Wildman–Crippen LogP) is 1.52. The average Bonchev–Trinajstić information content (AvgIpc) is 3.32. The number of hydrogen-bond donors (Lipinski definition) is 0. The number of sulfonamides is 1. The number of aromatic nitrogens is 4. The standard InChI is InChI=1S/C22H26N6O5S/c1-16(29)17-4-7-19(8-5-17)34(30,31)27-12-10-26(11-13-27)15-28-24-22(23-25-28)18-6-9-20(32-2)21(14-18)33-3/h4-9,14H,10-13,15H2,1-3H3. The molecule has 0 N–H and O–H groups in total. The second-order valence-corrected chi connectivity index (χ2v) is 9.74. The van der Waals surface area contributed by atoms with Gasteiger partial charge in [-0.05, 0) is 42.5 Å². The van der Waals surface area contributed by atoms with Crippen LogP contribution in [-0.2, 0) is 16.7 Å². The van der Waals surface area contributed by atoms with Crippen molar-refractivity contribution >= 4 is 15.8 Å². The summed E-state index contributed by atoms with van der Waals surface area (Å²) in [5.74, 6) is 1.54. The molecule has 1 fully saturated rings. The van der Waals surface area contributed by atoms with Crippen LogP contribution in [0.5, 0.6) is 11.5 Å². The van der Waals surface area contributed by atoms with E-state index >= 15 is 0 Å². The number of methoxy groups -OCH3 is 2. The summed E-state index contributed by atoms with van der Waals surface area (Å²) in [7, 11) is -0.489. The van der Waals surface area contributed by atoms with Crippen LogP contribution >= 0.6 is 0 Å². The van der Waals surface area contributed by atoms with E-state index in [0.717, 1.165) is 5.56 Å². The third-order valence-corrected chi connectivity index (χ3v) is 7.56. The van der Waals surface area contributed by atoms with Gasteiger partial charge in [-0.2, -0.15) is 4.31 Å². The maximum absolute atomic E-state index is 13.0. The number of piperazine rings is 1. The van der Waals surface area contributed by atoms with Gasteiger partial charge in [-0.1, -0.05) is 12.1 Å². The first-order chi connectivity index (χ1) is 16.3. The van der Waals surface area contributed by atoms with Gasteiger partial charge in [0.1, 0.15) is 6.67 Å². The molecule has 0 amide bonds. The number of ether oxygens (including phenoxy) is 2. The van der Waals surface area contributed by atoms with Crippen molar-refractivity contribution in [2.75, 3.05) is 40.4 Å². The van der Waals surface area contributed by atoms with Gasteiger partial charge in [0.15, 0.2) is 17.3 Å². The van der Waals surface area contributed by atoms with Crippen LogP contribution in [0.15, 0.2) is 47.4 Å². The van der Waals surface area contributed by atoms with Crippen molar-refractivity contribution in [1.82, 2.24) is 29.4 Å². The Labute approximate surface area is 197 Å². The number of ketones is 1. The van der Waals surface area contributed by atoms with Crippen molar-refractivity contribution in [2.45, 2.75) is 18.5 Å². The van der Waals surface area contributed by atoms with Gasteiger partial charge >= 0.3 is 0 Å². The summed E-state index contributed by atoms with van der Waals surface area (Å²) in [4.78, 5) is 15.2. The van der Waals surface area contributed by atoms with Gasteiger partial charge in [-0.25, -0.2) is 8.42 Å². The number of Topliss-reactive ketones (excluding diaryl/α,β-unsaturated/α-hetero) is 1. The van der Waals surface area contributed by atoms with E-state index < -0.39 is 10.0 Å². The molecule has 0 radical (unpaired) electrons. The van der Waals surface area contributed by atoms with E-state index in [9.17, 15) is 13.2 Å². The molecule has 1 aromatic heterocycles. The maximum Gasteiger partial charge on any atom is 0.243 e. The fraction of sp³-hybridized carbons (Fsp3) is 0.364. The van der Waals surface area contributed by atoms with Crippen LogP contribution in [0.25, 0.3) is 11.4 Å². The molecule has 1 saturated heterocycles. The summed E-state index contributed by atoms with van der Waals surface area (Å²) in [6.07, 6.45) is 0. The zero-order valence-corrected chi connectivity index (χ0v) is 20.0. The third-order valence-electron chi connectivity index (χ3n) is 5.65. The molecule has 12 heteroatoms. The first-order valence-corrected chi connectivity index (χ1v) is 12.1. The number of rotatable bonds is 8. The molecule has 0 aliphatic carbocycles. The zero-order chi connectivity index (χ0) is 24.3. The van der Waals surface area contributed by atoms with Gasteiger partial charge in [0.05, 0.1) is 19.1 Å². The number of carbonyl (C=O) groups is 1. The molecule has 4 rings (SSSR count). The molecule has 0 atom stereocenters. The smallest absolute Gasteiger partial charge is 0.243 e. The Bertz CT molecular complexity index is 1270. The lowest BCUT2D eigenvalue weighted by Crippen LogP contribution is -2.49. The van der Waals surface area contributed by atoms with Crippen LogP contribution in [-0.4, -0.2) is 84.0 Å². The van der Waals surface area contributed by atoms with E-state index in [2.05, 4.69) is 20.3 Å². The molecule has 0 saturated carbocycles. The van der Waals surface area contributed by atoms with E-state index in [0.29, 0.717) is 55.7 Å². The van der Waals surface area contributed by atoms with Crippen molar-refractivity contribution in [2.24, 2.45) is 0 Å². The minimum absolute atomic E-state index is 0.103. The zero-order valence-electron chi connectivity index (χ0n) is 19.2. The lowest BCUT2D eigenvalue weighted by atomic mass is 10.2. The third kappa shape index (κ3) is 4.93. The van der Waals surface area contributed by atoms with Crippen molar-refractivity contribution in [3.63, 3.8) is 0 Å². The average molecular weight is 487 g/mol. The van der Waals surface area contributed by atoms with Gasteiger partial charge in [-0.3, -0.25) is 9.69 Å². The van der Waals surface area contributed by atoms with Gasteiger partial charge in [0, 0.05) is 37.3 Å². The lowest BCUT2D eigenvalue weighted by molar-refractivity contribution is 0.101. The van der Waals surface area contributed by atoms with Crippen molar-refractivity contribution in [3.05, 3.63) is 48.0 Å². The van der Waals surface area contributed by atoms with Crippen molar-refractivity contribution < 1.29 is 22.7 Å². The van der Waals surface area contributed by atoms with Gasteiger partial charge in [0.2, 0.25) is 15.8 Å². The monoisotopic (exact) mass is 486 g/mol. The predicted molar refractivity (Wildman–Crippen MR) is 123 cm³/mol. The van der Waals surface area contributed by atoms with Crippen LogP contribution in [0.2, 0.25) is 0 Å². The minimum atomic E-state index is -3.62. The van der Waals surface area contributed by atoms with E-state index in [1.165, 1.54) is 40.3 Å². The second kappa shape index (κ2) is 9.87. The topological polar surface area (TPSA) is 120 Å². The number of benzene rings is 2. The van der Waals surface area contributed by atoms with Crippen molar-refractivity contribution in [3.8, 4) is 22.9 Å². The van der Waals surface area contributed by atoms with Gasteiger partial charge < -0.3 is 9.47 Å². The molecular weight excluding hydrogens is 460 g/mol. The molecule has 3 aromatic rings. The summed E-state index contributed by atoms with van der Waals surface area (Å²) < 4.78 is 37.9. The first-order valence-electron chi connectivity index (χ1n) is 10.7. The van der Waals surface area contributed by atoms with E-state index in [4.69, 9.17) is 9.47 Å². The van der Waals surface area contributed by atoms with Crippen LogP contribution in [0.4, 0.5) is 0 Å². The van der Waals surface area contributed by atoms with Crippen LogP contribution in [0.3, 0.4) is 0 Å². The summed E-state index contributed by atoms with van der Waals surface area (Å²) in [6.45, 7) is 3.57. The van der Waals surface area contributed by atoms with Crippen LogP contribution < -0.4 is 9.47 Å². The first kappa shape index (κ1) is 23.8. The molecule has 2 aromatic carbocycles. The summed E-state index contributed by atoms with van der Waals surface area (Å²) >= 11 is 0. The SMILES string of the molecule is COc1ccc(-c2nnn(CN3CCN(S(=O)(=O)c4ccc(C(C)=O)cc4)CC3)n2)cc1OC. The molecule has 180 valence electrons. The Morgan fingerprint density at radius 2 is 1.65 bits per heavy atom. The highest BCUT2D eigenvalue weighted by atomic mass is 32.2. The molecule has 0 unspecified atom stereocenters. The summed E-state index contributed by atoms with van der Waals surface area (Å²) in [5.41, 5.74) is 1.23. The molecule has 1 aliphatic heterocycles. The Kier molecular flexibility index (Phi) is 6.91. The highest BCUT2D eigenvalue weighted by Crippen LogP contribution is 2.30. The van der Waals surface area contributed by atoms with Gasteiger partial charge in [-0.15, -0.1) is 15.0 Å². The Morgan fingerprint density at radius 1 is 0.971 bits per heavy atom. The normalized spacial score (nSPS) is 15.3. The van der Waals surface area contributed by atoms with E-state index in [1.807, 2.05) is 6.07 Å². The molecule has 2 heterocycles. The number of hydrogen-bond acceptors (Lipinski definition) is 9. The molecule has 11 nitrogen and oxygen atoms in total. The Balaban J connectivity index is 1.37. The number of nitrogens with zero attached hydrogens (tertiary/aromatic N) is 6. The van der Waals surface area contributed by atoms with Crippen LogP contribution in [0.1, 0.15) is 17.3 Å². The molecular formula is C22H26N6O5S. The Morgan fingerprint density at radius 3 is 2.26 bits per heavy atom. The van der Waals surface area contributed by atoms with Crippen molar-refractivity contribution in [1.29, 1.82) is 0 Å². The molecule has 1 aliphatic rings. The molecule has 0 bridgehead atoms. The highest BCUT2D eigenvalue weighted by Gasteiger charge is 2.29. The molecule has 0 spiro atoms. The quantitative estimate of drug-likeness (QED) is 0.437. The Hall–Kier alpha value is -3.35. The fourth-order valence-corrected chi connectivity index (χ4v) is 5.12. The largest absolute Gasteiger partial charge is 0.493 e. The summed E-state index contributed by atoms with van der Waals surface area (Å²) in [6, 6.07) is 11.4. The summed E-state index contributed by atoms with van der Waals surface area (Å²) in [5, 5.41) is 12.7. The minimum Gasteiger partial charge on any atom is -0.493 e. The maximum atomic E-state index is 13.0. The highest BCUT2D eigenvalue weighted by molar-refractivity contribution is 7.89. The number of carbonyl (C=O) groups excluding carboxylic acids is 1. The van der Waals surface area contributed by atoms with Gasteiger partial charge in [0.25, 0.3) is 0 Å². The fourth-order valence-electron chi connectivity index (χ4n) is 3.69. The molecule has 34 heavy (non-hydrogen) atoms. The number of tetrazole rings is 1. The van der Waals surface area contributed by atoms with E-state index in [-0.39, 0.29) is 10.7 Å².